The zero-order valence-electron chi connectivity index (χ0n) is 12.7. The summed E-state index contributed by atoms with van der Waals surface area (Å²) < 4.78 is 0. The predicted molar refractivity (Wildman–Crippen MR) is 97.2 cm³/mol. The van der Waals surface area contributed by atoms with Crippen LogP contribution in [0.2, 0.25) is 0 Å². The lowest BCUT2D eigenvalue weighted by Gasteiger charge is -2.18. The van der Waals surface area contributed by atoms with Gasteiger partial charge in [0.05, 0.1) is 5.39 Å². The lowest BCUT2D eigenvalue weighted by molar-refractivity contribution is 0.475. The molecule has 6 heteroatoms. The molecule has 0 amide bonds. The molecule has 120 valence electrons. The van der Waals surface area contributed by atoms with Crippen molar-refractivity contribution >= 4 is 45.5 Å². The van der Waals surface area contributed by atoms with Gasteiger partial charge in [-0.2, -0.15) is 0 Å². The van der Waals surface area contributed by atoms with E-state index in [1.807, 2.05) is 12.1 Å². The summed E-state index contributed by atoms with van der Waals surface area (Å²) in [5, 5.41) is 13.9. The van der Waals surface area contributed by atoms with Gasteiger partial charge in [-0.25, -0.2) is 9.97 Å². The summed E-state index contributed by atoms with van der Waals surface area (Å²) in [7, 11) is 0. The first kappa shape index (κ1) is 16.0. The second-order valence-electron chi connectivity index (χ2n) is 5.93. The Bertz CT molecular complexity index is 832. The van der Waals surface area contributed by atoms with E-state index in [0.717, 1.165) is 35.1 Å². The SMILES string of the molecule is CC1CCc2c(sc3ncnc(Nc4ccc(O)cc4)c23)C1.Cl. The van der Waals surface area contributed by atoms with Crippen LogP contribution in [0, 0.1) is 5.92 Å². The largest absolute Gasteiger partial charge is 0.508 e. The normalized spacial score (nSPS) is 16.7. The van der Waals surface area contributed by atoms with Crippen molar-refractivity contribution in [3.05, 3.63) is 41.0 Å². The smallest absolute Gasteiger partial charge is 0.142 e. The van der Waals surface area contributed by atoms with Crippen molar-refractivity contribution in [2.75, 3.05) is 5.32 Å². The van der Waals surface area contributed by atoms with Crippen molar-refractivity contribution in [2.24, 2.45) is 5.92 Å². The molecular formula is C17H18ClN3OS. The van der Waals surface area contributed by atoms with Crippen molar-refractivity contribution in [3.63, 3.8) is 0 Å². The van der Waals surface area contributed by atoms with Crippen molar-refractivity contribution in [1.29, 1.82) is 0 Å². The molecule has 2 N–H and O–H groups in total. The number of hydrogen-bond acceptors (Lipinski definition) is 5. The van der Waals surface area contributed by atoms with Gasteiger partial charge in [-0.05, 0) is 55.0 Å². The van der Waals surface area contributed by atoms with Crippen molar-refractivity contribution < 1.29 is 5.11 Å². The number of benzene rings is 1. The van der Waals surface area contributed by atoms with Crippen LogP contribution in [-0.4, -0.2) is 15.1 Å². The Morgan fingerprint density at radius 1 is 1.22 bits per heavy atom. The Morgan fingerprint density at radius 2 is 2.00 bits per heavy atom. The Kier molecular flexibility index (Phi) is 4.41. The van der Waals surface area contributed by atoms with Gasteiger partial charge in [0.15, 0.2) is 0 Å². The second-order valence-corrected chi connectivity index (χ2v) is 7.01. The molecule has 1 aliphatic carbocycles. The Balaban J connectivity index is 0.00000156. The summed E-state index contributed by atoms with van der Waals surface area (Å²) >= 11 is 1.80. The van der Waals surface area contributed by atoms with Gasteiger partial charge in [0.1, 0.15) is 22.7 Å². The van der Waals surface area contributed by atoms with Gasteiger partial charge in [0, 0.05) is 10.6 Å². The fourth-order valence-corrected chi connectivity index (χ4v) is 4.40. The van der Waals surface area contributed by atoms with Crippen molar-refractivity contribution in [2.45, 2.75) is 26.2 Å². The molecule has 4 nitrogen and oxygen atoms in total. The molecule has 23 heavy (non-hydrogen) atoms. The van der Waals surface area contributed by atoms with Gasteiger partial charge in [0.2, 0.25) is 0 Å². The summed E-state index contributed by atoms with van der Waals surface area (Å²) in [6.45, 7) is 2.31. The first-order valence-electron chi connectivity index (χ1n) is 7.52. The molecule has 0 saturated carbocycles. The number of hydrogen-bond donors (Lipinski definition) is 2. The number of aryl methyl sites for hydroxylation is 1. The number of phenolic OH excluding ortho intramolecular Hbond substituents is 1. The molecule has 1 aliphatic rings. The maximum absolute atomic E-state index is 9.39. The molecule has 0 bridgehead atoms. The summed E-state index contributed by atoms with van der Waals surface area (Å²) in [4.78, 5) is 11.4. The van der Waals surface area contributed by atoms with Gasteiger partial charge < -0.3 is 10.4 Å². The fourth-order valence-electron chi connectivity index (χ4n) is 3.05. The molecule has 4 rings (SSSR count). The number of anilines is 2. The topological polar surface area (TPSA) is 58.0 Å². The number of fused-ring (bicyclic) bond motifs is 3. The zero-order chi connectivity index (χ0) is 15.1. The van der Waals surface area contributed by atoms with E-state index in [2.05, 4.69) is 22.2 Å². The molecule has 1 atom stereocenters. The highest BCUT2D eigenvalue weighted by Crippen LogP contribution is 2.40. The van der Waals surface area contributed by atoms with Crippen LogP contribution in [0.15, 0.2) is 30.6 Å². The van der Waals surface area contributed by atoms with Crippen LogP contribution in [0.4, 0.5) is 11.5 Å². The number of nitrogens with zero attached hydrogens (tertiary/aromatic N) is 2. The fraction of sp³-hybridized carbons (Fsp3) is 0.294. The molecule has 0 radical (unpaired) electrons. The van der Waals surface area contributed by atoms with Crippen LogP contribution in [0.5, 0.6) is 5.75 Å². The number of rotatable bonds is 2. The van der Waals surface area contributed by atoms with Gasteiger partial charge in [-0.3, -0.25) is 0 Å². The Hall–Kier alpha value is -1.85. The van der Waals surface area contributed by atoms with Gasteiger partial charge in [0.25, 0.3) is 0 Å². The lowest BCUT2D eigenvalue weighted by atomic mass is 9.89. The van der Waals surface area contributed by atoms with Gasteiger partial charge in [-0.1, -0.05) is 6.92 Å². The summed E-state index contributed by atoms with van der Waals surface area (Å²) in [6.07, 6.45) is 5.10. The van der Waals surface area contributed by atoms with Crippen molar-refractivity contribution in [1.82, 2.24) is 9.97 Å². The predicted octanol–water partition coefficient (Wildman–Crippen LogP) is 4.69. The molecule has 0 saturated heterocycles. The monoisotopic (exact) mass is 347 g/mol. The highest BCUT2D eigenvalue weighted by atomic mass is 35.5. The first-order valence-corrected chi connectivity index (χ1v) is 8.33. The maximum Gasteiger partial charge on any atom is 0.142 e. The minimum atomic E-state index is 0. The zero-order valence-corrected chi connectivity index (χ0v) is 14.4. The average Bonchev–Trinajstić information content (AvgIpc) is 2.88. The van der Waals surface area contributed by atoms with E-state index in [0.29, 0.717) is 0 Å². The molecule has 0 fully saturated rings. The van der Waals surface area contributed by atoms with E-state index < -0.39 is 0 Å². The Morgan fingerprint density at radius 3 is 2.78 bits per heavy atom. The van der Waals surface area contributed by atoms with E-state index in [1.165, 1.54) is 22.2 Å². The summed E-state index contributed by atoms with van der Waals surface area (Å²) in [6, 6.07) is 7.05. The molecule has 2 aromatic heterocycles. The minimum absolute atomic E-state index is 0. The van der Waals surface area contributed by atoms with E-state index in [-0.39, 0.29) is 18.2 Å². The van der Waals surface area contributed by atoms with Gasteiger partial charge in [-0.15, -0.1) is 23.7 Å². The summed E-state index contributed by atoms with van der Waals surface area (Å²) in [5.41, 5.74) is 2.34. The molecule has 2 heterocycles. The number of nitrogens with one attached hydrogen (secondary N) is 1. The molecule has 0 aliphatic heterocycles. The lowest BCUT2D eigenvalue weighted by Crippen LogP contribution is -2.09. The van der Waals surface area contributed by atoms with Crippen molar-refractivity contribution in [3.8, 4) is 5.75 Å². The maximum atomic E-state index is 9.39. The van der Waals surface area contributed by atoms with Crippen LogP contribution in [-0.2, 0) is 12.8 Å². The highest BCUT2D eigenvalue weighted by Gasteiger charge is 2.23. The number of aromatic nitrogens is 2. The van der Waals surface area contributed by atoms with Crippen LogP contribution in [0.1, 0.15) is 23.8 Å². The minimum Gasteiger partial charge on any atom is -0.508 e. The number of phenols is 1. The van der Waals surface area contributed by atoms with Crippen LogP contribution >= 0.6 is 23.7 Å². The molecule has 3 aromatic rings. The van der Waals surface area contributed by atoms with E-state index >= 15 is 0 Å². The third-order valence-corrected chi connectivity index (χ3v) is 5.38. The molecular weight excluding hydrogens is 330 g/mol. The van der Waals surface area contributed by atoms with Crippen LogP contribution in [0.3, 0.4) is 0 Å². The van der Waals surface area contributed by atoms with E-state index in [9.17, 15) is 5.11 Å². The third-order valence-electron chi connectivity index (χ3n) is 4.22. The quantitative estimate of drug-likeness (QED) is 0.660. The number of thiophene rings is 1. The van der Waals surface area contributed by atoms with Crippen LogP contribution in [0.25, 0.3) is 10.2 Å². The van der Waals surface area contributed by atoms with E-state index in [1.54, 1.807) is 29.8 Å². The molecule has 1 unspecified atom stereocenters. The highest BCUT2D eigenvalue weighted by molar-refractivity contribution is 7.19. The number of aromatic hydroxyl groups is 1. The average molecular weight is 348 g/mol. The number of halogens is 1. The van der Waals surface area contributed by atoms with Gasteiger partial charge >= 0.3 is 0 Å². The first-order chi connectivity index (χ1) is 10.7. The summed E-state index contributed by atoms with van der Waals surface area (Å²) in [5.74, 6) is 1.88. The standard InChI is InChI=1S/C17H17N3OS.ClH/c1-10-2-7-13-14(8-10)22-17-15(13)16(18-9-19-17)20-11-3-5-12(21)6-4-11;/h3-6,9-10,21H,2,7-8H2,1H3,(H,18,19,20);1H. The van der Waals surface area contributed by atoms with Crippen LogP contribution < -0.4 is 5.32 Å². The Labute approximate surface area is 145 Å². The molecule has 1 aromatic carbocycles. The van der Waals surface area contributed by atoms with E-state index in [4.69, 9.17) is 0 Å². The second kappa shape index (κ2) is 6.34. The molecule has 0 spiro atoms. The third kappa shape index (κ3) is 2.99.